The van der Waals surface area contributed by atoms with E-state index in [1.54, 1.807) is 6.07 Å². The molecule has 0 bridgehead atoms. The van der Waals surface area contributed by atoms with Crippen LogP contribution < -0.4 is 0 Å². The molecule has 0 radical (unpaired) electrons. The van der Waals surface area contributed by atoms with Crippen molar-refractivity contribution < 1.29 is 12.9 Å². The van der Waals surface area contributed by atoms with E-state index in [1.807, 2.05) is 13.0 Å². The molecule has 0 spiro atoms. The molecule has 8 heteroatoms. The lowest BCUT2D eigenvalue weighted by Gasteiger charge is -2.35. The van der Waals surface area contributed by atoms with Gasteiger partial charge in [0.05, 0.1) is 5.92 Å². The Morgan fingerprint density at radius 1 is 1.32 bits per heavy atom. The Bertz CT molecular complexity index is 786. The van der Waals surface area contributed by atoms with Gasteiger partial charge in [-0.15, -0.1) is 11.3 Å². The van der Waals surface area contributed by atoms with Crippen LogP contribution in [-0.4, -0.2) is 36.0 Å². The van der Waals surface area contributed by atoms with Crippen LogP contribution in [0.5, 0.6) is 0 Å². The summed E-state index contributed by atoms with van der Waals surface area (Å²) in [6, 6.07) is 3.58. The van der Waals surface area contributed by atoms with Crippen molar-refractivity contribution in [3.63, 3.8) is 0 Å². The third kappa shape index (κ3) is 2.39. The van der Waals surface area contributed by atoms with Crippen LogP contribution in [0.15, 0.2) is 20.9 Å². The van der Waals surface area contributed by atoms with Crippen molar-refractivity contribution in [3.8, 4) is 0 Å². The quantitative estimate of drug-likeness (QED) is 0.836. The van der Waals surface area contributed by atoms with Crippen molar-refractivity contribution in [3.05, 3.63) is 28.7 Å². The van der Waals surface area contributed by atoms with Crippen LogP contribution in [-0.2, 0) is 16.4 Å². The number of thiophene rings is 1. The maximum Gasteiger partial charge on any atom is 0.252 e. The molecule has 0 N–H and O–H groups in total. The van der Waals surface area contributed by atoms with E-state index in [1.165, 1.54) is 15.6 Å². The first kappa shape index (κ1) is 14.3. The van der Waals surface area contributed by atoms with Crippen molar-refractivity contribution in [2.45, 2.75) is 42.2 Å². The maximum atomic E-state index is 12.5. The van der Waals surface area contributed by atoms with Crippen molar-refractivity contribution in [2.24, 2.45) is 0 Å². The zero-order valence-electron chi connectivity index (χ0n) is 12.2. The predicted molar refractivity (Wildman–Crippen MR) is 81.5 cm³/mol. The standard InChI is InChI=1S/C14H17N3O3S2/c1-2-11-5-6-12(21-11)22(18,19)17-7-10(8-17)14-15-13(16-20-14)9-3-4-9/h5-6,9-10H,2-4,7-8H2,1H3. The second-order valence-corrected chi connectivity index (χ2v) is 9.19. The Balaban J connectivity index is 1.45. The number of hydrogen-bond acceptors (Lipinski definition) is 6. The lowest BCUT2D eigenvalue weighted by atomic mass is 10.0. The molecule has 3 heterocycles. The Morgan fingerprint density at radius 2 is 2.09 bits per heavy atom. The first-order valence-corrected chi connectivity index (χ1v) is 9.76. The smallest absolute Gasteiger partial charge is 0.252 e. The highest BCUT2D eigenvalue weighted by atomic mass is 32.2. The number of sulfonamides is 1. The van der Waals surface area contributed by atoms with Gasteiger partial charge in [0.2, 0.25) is 5.89 Å². The number of aryl methyl sites for hydroxylation is 1. The molecule has 1 aliphatic carbocycles. The maximum absolute atomic E-state index is 12.5. The van der Waals surface area contributed by atoms with Gasteiger partial charge in [0.25, 0.3) is 10.0 Å². The SMILES string of the molecule is CCc1ccc(S(=O)(=O)N2CC(c3nc(C4CC4)no3)C2)s1. The molecule has 0 unspecified atom stereocenters. The minimum atomic E-state index is -3.37. The molecule has 2 aromatic rings. The molecule has 2 fully saturated rings. The normalized spacial score (nSPS) is 20.2. The van der Waals surface area contributed by atoms with E-state index in [0.717, 1.165) is 30.0 Å². The monoisotopic (exact) mass is 339 g/mol. The van der Waals surface area contributed by atoms with Crippen LogP contribution in [0, 0.1) is 0 Å². The second kappa shape index (κ2) is 5.14. The van der Waals surface area contributed by atoms with E-state index >= 15 is 0 Å². The minimum Gasteiger partial charge on any atom is -0.339 e. The summed E-state index contributed by atoms with van der Waals surface area (Å²) in [5, 5.41) is 3.99. The topological polar surface area (TPSA) is 76.3 Å². The van der Waals surface area contributed by atoms with Crippen molar-refractivity contribution in [1.82, 2.24) is 14.4 Å². The molecule has 1 saturated heterocycles. The molecular formula is C14H17N3O3S2. The average Bonchev–Trinajstić information content (AvgIpc) is 3.00. The Morgan fingerprint density at radius 3 is 2.73 bits per heavy atom. The highest BCUT2D eigenvalue weighted by Crippen LogP contribution is 2.39. The van der Waals surface area contributed by atoms with Gasteiger partial charge in [-0.3, -0.25) is 0 Å². The number of hydrogen-bond donors (Lipinski definition) is 0. The zero-order chi connectivity index (χ0) is 15.3. The zero-order valence-corrected chi connectivity index (χ0v) is 13.9. The van der Waals surface area contributed by atoms with Crippen LogP contribution >= 0.6 is 11.3 Å². The van der Waals surface area contributed by atoms with E-state index in [9.17, 15) is 8.42 Å². The van der Waals surface area contributed by atoms with Gasteiger partial charge >= 0.3 is 0 Å². The summed E-state index contributed by atoms with van der Waals surface area (Å²) in [5.74, 6) is 1.84. The van der Waals surface area contributed by atoms with Crippen molar-refractivity contribution >= 4 is 21.4 Å². The van der Waals surface area contributed by atoms with E-state index in [2.05, 4.69) is 10.1 Å². The van der Waals surface area contributed by atoms with E-state index in [0.29, 0.717) is 29.1 Å². The fourth-order valence-electron chi connectivity index (χ4n) is 2.53. The van der Waals surface area contributed by atoms with Gasteiger partial charge in [0, 0.05) is 23.9 Å². The molecule has 0 amide bonds. The Hall–Kier alpha value is -1.25. The van der Waals surface area contributed by atoms with Crippen LogP contribution in [0.4, 0.5) is 0 Å². The van der Waals surface area contributed by atoms with Gasteiger partial charge in [0.1, 0.15) is 4.21 Å². The minimum absolute atomic E-state index is 0.0281. The summed E-state index contributed by atoms with van der Waals surface area (Å²) in [5.41, 5.74) is 0. The molecule has 4 rings (SSSR count). The van der Waals surface area contributed by atoms with Crippen molar-refractivity contribution in [1.29, 1.82) is 0 Å². The Kier molecular flexibility index (Phi) is 3.35. The van der Waals surface area contributed by atoms with Crippen LogP contribution in [0.1, 0.15) is 48.2 Å². The van der Waals surface area contributed by atoms with Crippen LogP contribution in [0.3, 0.4) is 0 Å². The van der Waals surface area contributed by atoms with E-state index < -0.39 is 10.0 Å². The summed E-state index contributed by atoms with van der Waals surface area (Å²) in [6.45, 7) is 2.87. The molecule has 1 aliphatic heterocycles. The summed E-state index contributed by atoms with van der Waals surface area (Å²) in [7, 11) is -3.37. The molecule has 6 nitrogen and oxygen atoms in total. The lowest BCUT2D eigenvalue weighted by molar-refractivity contribution is 0.217. The second-order valence-electron chi connectivity index (χ2n) is 5.86. The van der Waals surface area contributed by atoms with Crippen molar-refractivity contribution in [2.75, 3.05) is 13.1 Å². The molecule has 1 saturated carbocycles. The van der Waals surface area contributed by atoms with Crippen LogP contribution in [0.2, 0.25) is 0 Å². The largest absolute Gasteiger partial charge is 0.339 e. The number of rotatable bonds is 5. The predicted octanol–water partition coefficient (Wildman–Crippen LogP) is 2.36. The highest BCUT2D eigenvalue weighted by molar-refractivity contribution is 7.91. The van der Waals surface area contributed by atoms with Crippen LogP contribution in [0.25, 0.3) is 0 Å². The van der Waals surface area contributed by atoms with E-state index in [-0.39, 0.29) is 5.92 Å². The first-order valence-electron chi connectivity index (χ1n) is 7.50. The fourth-order valence-corrected chi connectivity index (χ4v) is 5.51. The fraction of sp³-hybridized carbons (Fsp3) is 0.571. The van der Waals surface area contributed by atoms with Gasteiger partial charge in [-0.25, -0.2) is 8.42 Å². The molecule has 0 aromatic carbocycles. The summed E-state index contributed by atoms with van der Waals surface area (Å²) in [6.07, 6.45) is 3.11. The lowest BCUT2D eigenvalue weighted by Crippen LogP contribution is -2.48. The molecule has 0 atom stereocenters. The highest BCUT2D eigenvalue weighted by Gasteiger charge is 2.41. The van der Waals surface area contributed by atoms with Gasteiger partial charge in [-0.1, -0.05) is 12.1 Å². The third-order valence-electron chi connectivity index (χ3n) is 4.18. The van der Waals surface area contributed by atoms with Gasteiger partial charge in [0.15, 0.2) is 5.82 Å². The molecule has 2 aliphatic rings. The summed E-state index contributed by atoms with van der Waals surface area (Å²) >= 11 is 1.35. The molecule has 2 aromatic heterocycles. The summed E-state index contributed by atoms with van der Waals surface area (Å²) < 4.78 is 32.2. The molecule has 118 valence electrons. The number of nitrogens with zero attached hydrogens (tertiary/aromatic N) is 3. The van der Waals surface area contributed by atoms with Gasteiger partial charge in [-0.05, 0) is 31.4 Å². The van der Waals surface area contributed by atoms with Gasteiger partial charge in [-0.2, -0.15) is 9.29 Å². The Labute approximate surface area is 133 Å². The third-order valence-corrected chi connectivity index (χ3v) is 7.71. The first-order chi connectivity index (χ1) is 10.6. The number of aromatic nitrogens is 2. The van der Waals surface area contributed by atoms with Gasteiger partial charge < -0.3 is 4.52 Å². The van der Waals surface area contributed by atoms with E-state index in [4.69, 9.17) is 4.52 Å². The summed E-state index contributed by atoms with van der Waals surface area (Å²) in [4.78, 5) is 5.49. The average molecular weight is 339 g/mol. The molecular weight excluding hydrogens is 322 g/mol. The molecule has 22 heavy (non-hydrogen) atoms.